The maximum atomic E-state index is 12.8. The summed E-state index contributed by atoms with van der Waals surface area (Å²) >= 11 is 0. The van der Waals surface area contributed by atoms with Gasteiger partial charge in [0, 0.05) is 48.0 Å². The topological polar surface area (TPSA) is 108 Å². The van der Waals surface area contributed by atoms with E-state index in [0.29, 0.717) is 16.9 Å². The highest BCUT2D eigenvalue weighted by Crippen LogP contribution is 2.32. The molecule has 3 heterocycles. The maximum Gasteiger partial charge on any atom is 0.573 e. The summed E-state index contributed by atoms with van der Waals surface area (Å²) in [7, 11) is 0. The van der Waals surface area contributed by atoms with Gasteiger partial charge in [-0.2, -0.15) is 0 Å². The Morgan fingerprint density at radius 3 is 2.32 bits per heavy atom. The molecule has 0 unspecified atom stereocenters. The number of hydrogen-bond acceptors (Lipinski definition) is 7. The summed E-state index contributed by atoms with van der Waals surface area (Å²) in [6, 6.07) is 10.0. The van der Waals surface area contributed by atoms with E-state index in [-0.39, 0.29) is 24.3 Å². The molecule has 1 saturated heterocycles. The smallest absolute Gasteiger partial charge is 0.406 e. The fraction of sp³-hybridized carbons (Fsp3) is 0.261. The second-order valence-electron chi connectivity index (χ2n) is 7.85. The number of alkyl halides is 3. The number of hydrogen-bond donors (Lipinski definition) is 3. The molecule has 0 saturated carbocycles. The van der Waals surface area contributed by atoms with Crippen LogP contribution in [0, 0.1) is 6.92 Å². The predicted molar refractivity (Wildman–Crippen MR) is 118 cm³/mol. The average molecular weight is 474 g/mol. The Bertz CT molecular complexity index is 1160. The van der Waals surface area contributed by atoms with Gasteiger partial charge in [-0.3, -0.25) is 9.78 Å². The molecule has 0 bridgehead atoms. The van der Waals surface area contributed by atoms with E-state index < -0.39 is 30.2 Å². The molecular formula is C23H21F3N4O4. The SMILES string of the molecule is Cc1ccc(-c2cc(C(=O)Nc3ccc(OC(F)(F)F)cc3)cnc2N2C[C@H](O)[C@@H](O)C2)cn1. The first-order valence-corrected chi connectivity index (χ1v) is 10.3. The number of nitrogens with one attached hydrogen (secondary N) is 1. The molecule has 3 aromatic rings. The van der Waals surface area contributed by atoms with Gasteiger partial charge in [0.25, 0.3) is 5.91 Å². The number of ether oxygens (including phenoxy) is 1. The van der Waals surface area contributed by atoms with Crippen LogP contribution >= 0.6 is 0 Å². The summed E-state index contributed by atoms with van der Waals surface area (Å²) in [6.45, 7) is 2.20. The number of rotatable bonds is 5. The molecule has 1 amide bonds. The van der Waals surface area contributed by atoms with Gasteiger partial charge in [0.15, 0.2) is 0 Å². The third-order valence-electron chi connectivity index (χ3n) is 5.26. The van der Waals surface area contributed by atoms with E-state index in [1.807, 2.05) is 19.1 Å². The van der Waals surface area contributed by atoms with Crippen LogP contribution in [-0.4, -0.2) is 57.7 Å². The van der Waals surface area contributed by atoms with E-state index in [1.54, 1.807) is 17.2 Å². The van der Waals surface area contributed by atoms with Gasteiger partial charge in [-0.1, -0.05) is 6.07 Å². The third-order valence-corrected chi connectivity index (χ3v) is 5.26. The first-order chi connectivity index (χ1) is 16.1. The van der Waals surface area contributed by atoms with Crippen LogP contribution in [0.25, 0.3) is 11.1 Å². The molecular weight excluding hydrogens is 453 g/mol. The molecule has 3 N–H and O–H groups in total. The summed E-state index contributed by atoms with van der Waals surface area (Å²) in [4.78, 5) is 23.3. The third kappa shape index (κ3) is 5.43. The number of aliphatic hydroxyl groups is 2. The number of halogens is 3. The predicted octanol–water partition coefficient (Wildman–Crippen LogP) is 3.14. The molecule has 4 rings (SSSR count). The van der Waals surface area contributed by atoms with Crippen LogP contribution in [0.3, 0.4) is 0 Å². The van der Waals surface area contributed by atoms with Crippen molar-refractivity contribution in [2.45, 2.75) is 25.5 Å². The first-order valence-electron chi connectivity index (χ1n) is 10.3. The van der Waals surface area contributed by atoms with E-state index in [0.717, 1.165) is 17.8 Å². The second kappa shape index (κ2) is 9.27. The van der Waals surface area contributed by atoms with Crippen LogP contribution in [0.4, 0.5) is 24.7 Å². The van der Waals surface area contributed by atoms with Crippen molar-refractivity contribution in [3.8, 4) is 16.9 Å². The number of aliphatic hydroxyl groups excluding tert-OH is 2. The van der Waals surface area contributed by atoms with Crippen molar-refractivity contribution in [2.75, 3.05) is 23.3 Å². The number of carbonyl (C=O) groups is 1. The van der Waals surface area contributed by atoms with Crippen molar-refractivity contribution < 1.29 is 32.9 Å². The number of aryl methyl sites for hydroxylation is 1. The minimum atomic E-state index is -4.80. The molecule has 0 spiro atoms. The normalized spacial score (nSPS) is 18.1. The molecule has 1 fully saturated rings. The lowest BCUT2D eigenvalue weighted by molar-refractivity contribution is -0.274. The number of aromatic nitrogens is 2. The Balaban J connectivity index is 1.60. The average Bonchev–Trinajstić information content (AvgIpc) is 3.12. The number of carbonyl (C=O) groups excluding carboxylic acids is 1. The lowest BCUT2D eigenvalue weighted by Gasteiger charge is -2.21. The Morgan fingerprint density at radius 2 is 1.74 bits per heavy atom. The van der Waals surface area contributed by atoms with Crippen molar-refractivity contribution in [2.24, 2.45) is 0 Å². The Kier molecular flexibility index (Phi) is 6.40. The number of nitrogens with zero attached hydrogens (tertiary/aromatic N) is 3. The number of anilines is 2. The molecule has 11 heteroatoms. The summed E-state index contributed by atoms with van der Waals surface area (Å²) in [5.74, 6) is -0.446. The summed E-state index contributed by atoms with van der Waals surface area (Å²) in [5.41, 5.74) is 2.54. The molecule has 1 aromatic carbocycles. The van der Waals surface area contributed by atoms with Gasteiger partial charge in [0.1, 0.15) is 11.6 Å². The number of amides is 1. The molecule has 0 aliphatic carbocycles. The molecule has 1 aliphatic rings. The molecule has 0 radical (unpaired) electrons. The van der Waals surface area contributed by atoms with E-state index in [1.165, 1.54) is 18.3 Å². The van der Waals surface area contributed by atoms with E-state index in [2.05, 4.69) is 20.0 Å². The van der Waals surface area contributed by atoms with Crippen LogP contribution in [-0.2, 0) is 0 Å². The van der Waals surface area contributed by atoms with Crippen molar-refractivity contribution >= 4 is 17.4 Å². The van der Waals surface area contributed by atoms with Crippen molar-refractivity contribution in [3.05, 3.63) is 66.1 Å². The fourth-order valence-corrected chi connectivity index (χ4v) is 3.56. The minimum Gasteiger partial charge on any atom is -0.406 e. The first kappa shape index (κ1) is 23.5. The van der Waals surface area contributed by atoms with Crippen molar-refractivity contribution in [3.63, 3.8) is 0 Å². The highest BCUT2D eigenvalue weighted by atomic mass is 19.4. The monoisotopic (exact) mass is 474 g/mol. The Labute approximate surface area is 192 Å². The molecule has 1 aliphatic heterocycles. The molecule has 2 atom stereocenters. The van der Waals surface area contributed by atoms with Gasteiger partial charge in [-0.05, 0) is 43.3 Å². The van der Waals surface area contributed by atoms with Crippen LogP contribution < -0.4 is 15.0 Å². The lowest BCUT2D eigenvalue weighted by atomic mass is 10.1. The second-order valence-corrected chi connectivity index (χ2v) is 7.85. The zero-order chi connectivity index (χ0) is 24.5. The largest absolute Gasteiger partial charge is 0.573 e. The fourth-order valence-electron chi connectivity index (χ4n) is 3.56. The zero-order valence-electron chi connectivity index (χ0n) is 18.0. The lowest BCUT2D eigenvalue weighted by Crippen LogP contribution is -2.23. The van der Waals surface area contributed by atoms with Gasteiger partial charge in [0.2, 0.25) is 0 Å². The Morgan fingerprint density at radius 1 is 1.06 bits per heavy atom. The molecule has 8 nitrogen and oxygen atoms in total. The number of benzene rings is 1. The quantitative estimate of drug-likeness (QED) is 0.522. The van der Waals surface area contributed by atoms with E-state index >= 15 is 0 Å². The van der Waals surface area contributed by atoms with E-state index in [4.69, 9.17) is 0 Å². The highest BCUT2D eigenvalue weighted by molar-refractivity contribution is 6.05. The van der Waals surface area contributed by atoms with Gasteiger partial charge in [-0.25, -0.2) is 4.98 Å². The minimum absolute atomic E-state index is 0.179. The van der Waals surface area contributed by atoms with Crippen LogP contribution in [0.1, 0.15) is 16.1 Å². The van der Waals surface area contributed by atoms with Crippen molar-refractivity contribution in [1.82, 2.24) is 9.97 Å². The molecule has 34 heavy (non-hydrogen) atoms. The van der Waals surface area contributed by atoms with E-state index in [9.17, 15) is 28.2 Å². The number of β-amino-alcohol motifs (C(OH)–C–C–N with tert-alkyl or cyclic N) is 2. The van der Waals surface area contributed by atoms with Gasteiger partial charge in [-0.15, -0.1) is 13.2 Å². The standard InChI is InChI=1S/C23H21F3N4O4/c1-13-2-3-14(9-27-13)18-8-15(10-28-21(18)30-11-19(31)20(32)12-30)22(33)29-16-4-6-17(7-5-16)34-23(24,25)26/h2-10,19-20,31-32H,11-12H2,1H3,(H,29,33)/t19-,20-/m0/s1. The molecule has 2 aromatic heterocycles. The zero-order valence-corrected chi connectivity index (χ0v) is 18.0. The van der Waals surface area contributed by atoms with Gasteiger partial charge < -0.3 is 25.2 Å². The highest BCUT2D eigenvalue weighted by Gasteiger charge is 2.32. The summed E-state index contributed by atoms with van der Waals surface area (Å²) in [6.07, 6.45) is -3.65. The van der Waals surface area contributed by atoms with Crippen molar-refractivity contribution in [1.29, 1.82) is 0 Å². The van der Waals surface area contributed by atoms with Gasteiger partial charge in [0.05, 0.1) is 17.8 Å². The summed E-state index contributed by atoms with van der Waals surface area (Å²) in [5, 5.41) is 22.5. The summed E-state index contributed by atoms with van der Waals surface area (Å²) < 4.78 is 40.8. The molecule has 178 valence electrons. The Hall–Kier alpha value is -3.70. The van der Waals surface area contributed by atoms with Gasteiger partial charge >= 0.3 is 6.36 Å². The number of pyridine rings is 2. The van der Waals surface area contributed by atoms with Crippen LogP contribution in [0.15, 0.2) is 54.9 Å². The van der Waals surface area contributed by atoms with Crippen LogP contribution in [0.5, 0.6) is 5.75 Å². The maximum absolute atomic E-state index is 12.8. The van der Waals surface area contributed by atoms with Crippen LogP contribution in [0.2, 0.25) is 0 Å².